The van der Waals surface area contributed by atoms with Gasteiger partial charge in [-0.2, -0.15) is 0 Å². The second kappa shape index (κ2) is 6.05. The number of fused-ring (bicyclic) bond motifs is 1. The van der Waals surface area contributed by atoms with Gasteiger partial charge in [0.25, 0.3) is 0 Å². The average Bonchev–Trinajstić information content (AvgIpc) is 2.83. The monoisotopic (exact) mass is 358 g/mol. The molecule has 0 unspecified atom stereocenters. The molecule has 0 bridgehead atoms. The normalized spacial score (nSPS) is 11.3. The molecule has 0 saturated heterocycles. The van der Waals surface area contributed by atoms with Gasteiger partial charge >= 0.3 is 0 Å². The van der Waals surface area contributed by atoms with Crippen LogP contribution in [0.1, 0.15) is 5.69 Å². The molecule has 0 aliphatic heterocycles. The number of nitrogens with zero attached hydrogens (tertiary/aromatic N) is 2. The summed E-state index contributed by atoms with van der Waals surface area (Å²) in [5.41, 5.74) is 6.97. The summed E-state index contributed by atoms with van der Waals surface area (Å²) in [6.45, 7) is 6.66. The SMILES string of the molecule is C[Si](C)(C)C#Cc1c(-c2ccc(Cl)cc2)nc2ccc(Cl)cn12. The summed E-state index contributed by atoms with van der Waals surface area (Å²) in [5.74, 6) is 3.34. The highest BCUT2D eigenvalue weighted by Crippen LogP contribution is 2.26. The van der Waals surface area contributed by atoms with E-state index in [-0.39, 0.29) is 0 Å². The third-order valence-electron chi connectivity index (χ3n) is 3.26. The van der Waals surface area contributed by atoms with E-state index in [4.69, 9.17) is 28.2 Å². The van der Waals surface area contributed by atoms with E-state index < -0.39 is 8.07 Å². The summed E-state index contributed by atoms with van der Waals surface area (Å²) in [7, 11) is -1.50. The van der Waals surface area contributed by atoms with E-state index in [0.717, 1.165) is 22.6 Å². The Morgan fingerprint density at radius 1 is 0.957 bits per heavy atom. The second-order valence-corrected chi connectivity index (χ2v) is 12.0. The van der Waals surface area contributed by atoms with Gasteiger partial charge in [0, 0.05) is 16.8 Å². The Balaban J connectivity index is 2.27. The van der Waals surface area contributed by atoms with Crippen LogP contribution in [0.2, 0.25) is 29.7 Å². The highest BCUT2D eigenvalue weighted by atomic mass is 35.5. The number of rotatable bonds is 1. The number of benzene rings is 1. The van der Waals surface area contributed by atoms with Crippen molar-refractivity contribution < 1.29 is 0 Å². The number of aromatic nitrogens is 2. The lowest BCUT2D eigenvalue weighted by atomic mass is 10.1. The van der Waals surface area contributed by atoms with Gasteiger partial charge in [-0.1, -0.05) is 60.9 Å². The molecular formula is C18H16Cl2N2Si. The standard InChI is InChI=1S/C18H16Cl2N2Si/c1-23(2,3)11-10-16-18(13-4-6-14(19)7-5-13)21-17-9-8-15(20)12-22(16)17/h4-9,12H,1-3H3. The molecule has 2 aromatic heterocycles. The molecule has 3 aromatic rings. The summed E-state index contributed by atoms with van der Waals surface area (Å²) in [5, 5.41) is 1.36. The maximum atomic E-state index is 6.15. The van der Waals surface area contributed by atoms with E-state index >= 15 is 0 Å². The fourth-order valence-corrected chi connectivity index (χ4v) is 2.97. The average molecular weight is 359 g/mol. The minimum Gasteiger partial charge on any atom is -0.291 e. The molecule has 0 N–H and O–H groups in total. The van der Waals surface area contributed by atoms with Crippen LogP contribution in [0.5, 0.6) is 0 Å². The highest BCUT2D eigenvalue weighted by Gasteiger charge is 2.14. The van der Waals surface area contributed by atoms with Gasteiger partial charge in [-0.05, 0) is 24.3 Å². The first-order valence-corrected chi connectivity index (χ1v) is 11.6. The lowest BCUT2D eigenvalue weighted by Crippen LogP contribution is -2.16. The van der Waals surface area contributed by atoms with Gasteiger partial charge in [-0.15, -0.1) is 5.54 Å². The Kier molecular flexibility index (Phi) is 4.24. The maximum absolute atomic E-state index is 6.15. The first kappa shape index (κ1) is 16.1. The quantitative estimate of drug-likeness (QED) is 0.412. The van der Waals surface area contributed by atoms with Crippen molar-refractivity contribution in [1.29, 1.82) is 0 Å². The van der Waals surface area contributed by atoms with Crippen molar-refractivity contribution in [1.82, 2.24) is 9.38 Å². The Hall–Kier alpha value is -1.73. The summed E-state index contributed by atoms with van der Waals surface area (Å²) >= 11 is 12.1. The van der Waals surface area contributed by atoms with Gasteiger partial charge in [0.15, 0.2) is 0 Å². The zero-order chi connectivity index (χ0) is 16.6. The van der Waals surface area contributed by atoms with E-state index in [2.05, 4.69) is 31.1 Å². The van der Waals surface area contributed by atoms with Gasteiger partial charge in [0.2, 0.25) is 0 Å². The van der Waals surface area contributed by atoms with Crippen LogP contribution in [-0.4, -0.2) is 17.5 Å². The van der Waals surface area contributed by atoms with Crippen molar-refractivity contribution in [2.75, 3.05) is 0 Å². The first-order valence-electron chi connectivity index (χ1n) is 7.30. The summed E-state index contributed by atoms with van der Waals surface area (Å²) in [6, 6.07) is 11.4. The molecule has 0 radical (unpaired) electrons. The lowest BCUT2D eigenvalue weighted by molar-refractivity contribution is 1.16. The van der Waals surface area contributed by atoms with Crippen LogP contribution in [0, 0.1) is 11.5 Å². The zero-order valence-electron chi connectivity index (χ0n) is 13.2. The van der Waals surface area contributed by atoms with Crippen molar-refractivity contribution in [2.45, 2.75) is 19.6 Å². The third-order valence-corrected chi connectivity index (χ3v) is 4.61. The molecule has 0 aliphatic rings. The molecule has 0 saturated carbocycles. The molecule has 0 spiro atoms. The van der Waals surface area contributed by atoms with E-state index in [0.29, 0.717) is 10.0 Å². The summed E-state index contributed by atoms with van der Waals surface area (Å²) < 4.78 is 1.96. The molecule has 0 amide bonds. The van der Waals surface area contributed by atoms with Crippen molar-refractivity contribution in [3.05, 3.63) is 58.3 Å². The molecule has 0 atom stereocenters. The molecule has 3 rings (SSSR count). The molecule has 23 heavy (non-hydrogen) atoms. The maximum Gasteiger partial charge on any atom is 0.138 e. The largest absolute Gasteiger partial charge is 0.291 e. The topological polar surface area (TPSA) is 17.3 Å². The van der Waals surface area contributed by atoms with Crippen molar-refractivity contribution in [2.24, 2.45) is 0 Å². The van der Waals surface area contributed by atoms with E-state index in [1.54, 1.807) is 0 Å². The fourth-order valence-electron chi connectivity index (χ4n) is 2.19. The first-order chi connectivity index (χ1) is 10.8. The van der Waals surface area contributed by atoms with Gasteiger partial charge < -0.3 is 0 Å². The van der Waals surface area contributed by atoms with Crippen LogP contribution in [0.3, 0.4) is 0 Å². The van der Waals surface area contributed by atoms with Gasteiger partial charge in [-0.25, -0.2) is 4.98 Å². The highest BCUT2D eigenvalue weighted by molar-refractivity contribution is 6.83. The minimum atomic E-state index is -1.50. The van der Waals surface area contributed by atoms with Crippen LogP contribution in [0.4, 0.5) is 0 Å². The molecule has 1 aromatic carbocycles. The molecular weight excluding hydrogens is 343 g/mol. The van der Waals surface area contributed by atoms with Gasteiger partial charge in [0.05, 0.1) is 5.02 Å². The van der Waals surface area contributed by atoms with Crippen LogP contribution < -0.4 is 0 Å². The van der Waals surface area contributed by atoms with Crippen molar-refractivity contribution in [3.63, 3.8) is 0 Å². The molecule has 2 nitrogen and oxygen atoms in total. The van der Waals surface area contributed by atoms with Crippen LogP contribution in [0.25, 0.3) is 16.9 Å². The Bertz CT molecular complexity index is 926. The van der Waals surface area contributed by atoms with E-state index in [1.165, 1.54) is 0 Å². The van der Waals surface area contributed by atoms with E-state index in [1.807, 2.05) is 47.0 Å². The van der Waals surface area contributed by atoms with Crippen LogP contribution in [0.15, 0.2) is 42.6 Å². The molecule has 116 valence electrons. The molecule has 5 heteroatoms. The lowest BCUT2D eigenvalue weighted by Gasteiger charge is -2.04. The van der Waals surface area contributed by atoms with Crippen LogP contribution in [-0.2, 0) is 0 Å². The Morgan fingerprint density at radius 3 is 2.26 bits per heavy atom. The fraction of sp³-hybridized carbons (Fsp3) is 0.167. The third kappa shape index (κ3) is 3.61. The predicted molar refractivity (Wildman–Crippen MR) is 101 cm³/mol. The van der Waals surface area contributed by atoms with Crippen LogP contribution >= 0.6 is 23.2 Å². The van der Waals surface area contributed by atoms with E-state index in [9.17, 15) is 0 Å². The number of imidazole rings is 1. The second-order valence-electron chi connectivity index (χ2n) is 6.39. The summed E-state index contributed by atoms with van der Waals surface area (Å²) in [4.78, 5) is 4.73. The minimum absolute atomic E-state index is 0.661. The molecule has 0 fully saturated rings. The predicted octanol–water partition coefficient (Wildman–Crippen LogP) is 5.54. The van der Waals surface area contributed by atoms with Crippen molar-refractivity contribution >= 4 is 36.9 Å². The molecule has 2 heterocycles. The smallest absolute Gasteiger partial charge is 0.138 e. The Labute approximate surface area is 147 Å². The number of hydrogen-bond donors (Lipinski definition) is 0. The number of hydrogen-bond acceptors (Lipinski definition) is 1. The van der Waals surface area contributed by atoms with Crippen molar-refractivity contribution in [3.8, 4) is 22.7 Å². The summed E-state index contributed by atoms with van der Waals surface area (Å²) in [6.07, 6.45) is 1.86. The molecule has 0 aliphatic carbocycles. The Morgan fingerprint density at radius 2 is 1.61 bits per heavy atom. The van der Waals surface area contributed by atoms with Gasteiger partial charge in [-0.3, -0.25) is 4.40 Å². The zero-order valence-corrected chi connectivity index (χ0v) is 15.7. The van der Waals surface area contributed by atoms with Gasteiger partial charge in [0.1, 0.15) is 25.1 Å². The number of pyridine rings is 1. The number of halogens is 2.